The number of hydrogen-bond acceptors (Lipinski definition) is 4. The van der Waals surface area contributed by atoms with Crippen LogP contribution in [0.2, 0.25) is 0 Å². The second-order valence-electron chi connectivity index (χ2n) is 8.25. The third kappa shape index (κ3) is 5.28. The number of nitrogens with zero attached hydrogens (tertiary/aromatic N) is 1. The van der Waals surface area contributed by atoms with Crippen LogP contribution in [-0.4, -0.2) is 53.7 Å². The van der Waals surface area contributed by atoms with Crippen molar-refractivity contribution < 1.29 is 24.2 Å². The van der Waals surface area contributed by atoms with Gasteiger partial charge in [0.15, 0.2) is 0 Å². The van der Waals surface area contributed by atoms with Gasteiger partial charge in [0.2, 0.25) is 5.91 Å². The number of ether oxygens (including phenoxy) is 1. The van der Waals surface area contributed by atoms with Crippen molar-refractivity contribution in [3.8, 4) is 11.1 Å². The molecule has 0 fully saturated rings. The van der Waals surface area contributed by atoms with E-state index in [1.165, 1.54) is 4.90 Å². The van der Waals surface area contributed by atoms with Crippen LogP contribution in [0.4, 0.5) is 4.79 Å². The molecule has 2 aromatic rings. The fourth-order valence-electron chi connectivity index (χ4n) is 4.10. The molecule has 7 nitrogen and oxygen atoms in total. The van der Waals surface area contributed by atoms with Crippen LogP contribution in [0.1, 0.15) is 44.2 Å². The van der Waals surface area contributed by atoms with Crippen molar-refractivity contribution in [2.75, 3.05) is 19.7 Å². The van der Waals surface area contributed by atoms with Crippen molar-refractivity contribution in [1.29, 1.82) is 0 Å². The molecule has 0 saturated carbocycles. The highest BCUT2D eigenvalue weighted by atomic mass is 16.5. The molecule has 0 spiro atoms. The maximum Gasteiger partial charge on any atom is 0.407 e. The molecule has 2 aromatic carbocycles. The van der Waals surface area contributed by atoms with Gasteiger partial charge in [-0.1, -0.05) is 55.5 Å². The molecule has 7 heteroatoms. The zero-order chi connectivity index (χ0) is 23.3. The van der Waals surface area contributed by atoms with Gasteiger partial charge in [-0.05, 0) is 36.1 Å². The van der Waals surface area contributed by atoms with Crippen LogP contribution in [0.15, 0.2) is 48.5 Å². The second-order valence-corrected chi connectivity index (χ2v) is 8.25. The van der Waals surface area contributed by atoms with Gasteiger partial charge in [-0.15, -0.1) is 0 Å². The van der Waals surface area contributed by atoms with Crippen LogP contribution in [0.3, 0.4) is 0 Å². The van der Waals surface area contributed by atoms with Crippen LogP contribution < -0.4 is 5.32 Å². The summed E-state index contributed by atoms with van der Waals surface area (Å²) >= 11 is 0. The minimum atomic E-state index is -0.943. The summed E-state index contributed by atoms with van der Waals surface area (Å²) in [7, 11) is 0. The van der Waals surface area contributed by atoms with Gasteiger partial charge in [-0.2, -0.15) is 0 Å². The number of fused-ring (bicyclic) bond motifs is 3. The van der Waals surface area contributed by atoms with Crippen molar-refractivity contribution in [3.63, 3.8) is 0 Å². The van der Waals surface area contributed by atoms with Crippen molar-refractivity contribution in [2.45, 2.75) is 39.2 Å². The van der Waals surface area contributed by atoms with E-state index in [-0.39, 0.29) is 31.4 Å². The Kier molecular flexibility index (Phi) is 7.51. The van der Waals surface area contributed by atoms with Crippen molar-refractivity contribution in [2.24, 2.45) is 5.92 Å². The molecule has 2 N–H and O–H groups in total. The molecule has 0 radical (unpaired) electrons. The van der Waals surface area contributed by atoms with Crippen LogP contribution in [-0.2, 0) is 14.3 Å². The number of carboxylic acids is 1. The van der Waals surface area contributed by atoms with E-state index in [4.69, 9.17) is 9.84 Å². The minimum Gasteiger partial charge on any atom is -0.481 e. The fraction of sp³-hybridized carbons (Fsp3) is 0.400. The number of nitrogens with one attached hydrogen (secondary N) is 1. The first-order valence-corrected chi connectivity index (χ1v) is 10.9. The summed E-state index contributed by atoms with van der Waals surface area (Å²) in [5.74, 6) is -1.82. The highest BCUT2D eigenvalue weighted by Gasteiger charge is 2.29. The van der Waals surface area contributed by atoms with Gasteiger partial charge >= 0.3 is 12.1 Å². The van der Waals surface area contributed by atoms with E-state index in [1.807, 2.05) is 24.3 Å². The Balaban J connectivity index is 1.54. The second kappa shape index (κ2) is 10.3. The van der Waals surface area contributed by atoms with Crippen molar-refractivity contribution in [1.82, 2.24) is 10.2 Å². The third-order valence-corrected chi connectivity index (χ3v) is 5.84. The predicted octanol–water partition coefficient (Wildman–Crippen LogP) is 3.87. The van der Waals surface area contributed by atoms with E-state index >= 15 is 0 Å². The Labute approximate surface area is 188 Å². The van der Waals surface area contributed by atoms with Gasteiger partial charge in [0.05, 0.1) is 5.92 Å². The molecule has 0 aromatic heterocycles. The Morgan fingerprint density at radius 1 is 1.03 bits per heavy atom. The number of benzene rings is 2. The monoisotopic (exact) mass is 438 g/mol. The Bertz CT molecular complexity index is 944. The minimum absolute atomic E-state index is 0.0295. The number of carboxylic acid groups (broad SMARTS) is 1. The number of aliphatic carboxylic acids is 1. The van der Waals surface area contributed by atoms with Crippen molar-refractivity contribution >= 4 is 18.0 Å². The molecule has 2 atom stereocenters. The Morgan fingerprint density at radius 2 is 1.59 bits per heavy atom. The lowest BCUT2D eigenvalue weighted by Crippen LogP contribution is -2.41. The summed E-state index contributed by atoms with van der Waals surface area (Å²) < 4.78 is 5.52. The average molecular weight is 439 g/mol. The van der Waals surface area contributed by atoms with Gasteiger partial charge in [-0.3, -0.25) is 9.59 Å². The number of rotatable bonds is 9. The van der Waals surface area contributed by atoms with Gasteiger partial charge in [0, 0.05) is 31.5 Å². The molecule has 0 saturated heterocycles. The molecule has 32 heavy (non-hydrogen) atoms. The van der Waals surface area contributed by atoms with Gasteiger partial charge in [0.1, 0.15) is 6.61 Å². The van der Waals surface area contributed by atoms with E-state index in [0.717, 1.165) is 22.3 Å². The fourth-order valence-corrected chi connectivity index (χ4v) is 4.10. The van der Waals surface area contributed by atoms with Crippen LogP contribution in [0.25, 0.3) is 11.1 Å². The normalized spacial score (nSPS) is 14.1. The molecule has 3 rings (SSSR count). The first kappa shape index (κ1) is 23.3. The standard InChI is InChI=1S/C25H30N2O5/c1-4-27(14-16(2)24(29)30)23(28)13-17(3)26-25(31)32-15-22-20-11-7-5-9-18(20)19-10-6-8-12-21(19)22/h5-12,16-17,22H,4,13-15H2,1-3H3,(H,26,31)(H,29,30)/t16?,17-/m1/s1. The molecule has 0 bridgehead atoms. The molecule has 0 aliphatic heterocycles. The highest BCUT2D eigenvalue weighted by Crippen LogP contribution is 2.44. The highest BCUT2D eigenvalue weighted by molar-refractivity contribution is 5.80. The number of carbonyl (C=O) groups excluding carboxylic acids is 2. The number of alkyl carbamates (subject to hydrolysis) is 1. The lowest BCUT2D eigenvalue weighted by Gasteiger charge is -2.24. The summed E-state index contributed by atoms with van der Waals surface area (Å²) in [5.41, 5.74) is 4.59. The molecule has 1 aliphatic carbocycles. The molecule has 0 heterocycles. The largest absolute Gasteiger partial charge is 0.481 e. The Morgan fingerprint density at radius 3 is 2.12 bits per heavy atom. The molecular weight excluding hydrogens is 408 g/mol. The zero-order valence-corrected chi connectivity index (χ0v) is 18.7. The van der Waals surface area contributed by atoms with E-state index in [1.54, 1.807) is 20.8 Å². The summed E-state index contributed by atoms with van der Waals surface area (Å²) in [6.45, 7) is 5.86. The average Bonchev–Trinajstić information content (AvgIpc) is 3.09. The molecule has 170 valence electrons. The number of hydrogen-bond donors (Lipinski definition) is 2. The third-order valence-electron chi connectivity index (χ3n) is 5.84. The quantitative estimate of drug-likeness (QED) is 0.620. The molecule has 1 aliphatic rings. The van der Waals surface area contributed by atoms with Crippen LogP contribution >= 0.6 is 0 Å². The predicted molar refractivity (Wildman–Crippen MR) is 121 cm³/mol. The maximum absolute atomic E-state index is 12.5. The van der Waals surface area contributed by atoms with Crippen molar-refractivity contribution in [3.05, 3.63) is 59.7 Å². The lowest BCUT2D eigenvalue weighted by atomic mass is 9.98. The lowest BCUT2D eigenvalue weighted by molar-refractivity contribution is -0.143. The van der Waals surface area contributed by atoms with Gasteiger partial charge in [-0.25, -0.2) is 4.79 Å². The molecule has 2 amide bonds. The first-order chi connectivity index (χ1) is 15.3. The van der Waals surface area contributed by atoms with E-state index in [2.05, 4.69) is 29.6 Å². The van der Waals surface area contributed by atoms with Gasteiger partial charge < -0.3 is 20.1 Å². The summed E-state index contributed by atoms with van der Waals surface area (Å²) in [5, 5.41) is 11.8. The topological polar surface area (TPSA) is 95.9 Å². The number of amides is 2. The smallest absolute Gasteiger partial charge is 0.407 e. The molecular formula is C25H30N2O5. The first-order valence-electron chi connectivity index (χ1n) is 10.9. The summed E-state index contributed by atoms with van der Waals surface area (Å²) in [4.78, 5) is 37.5. The van der Waals surface area contributed by atoms with Crippen LogP contribution in [0, 0.1) is 5.92 Å². The SMILES string of the molecule is CCN(CC(C)C(=O)O)C(=O)C[C@@H](C)NC(=O)OCC1c2ccccc2-c2ccccc21. The van der Waals surface area contributed by atoms with Gasteiger partial charge in [0.25, 0.3) is 0 Å². The number of carbonyl (C=O) groups is 3. The maximum atomic E-state index is 12.5. The van der Waals surface area contributed by atoms with E-state index in [0.29, 0.717) is 6.54 Å². The van der Waals surface area contributed by atoms with Crippen LogP contribution in [0.5, 0.6) is 0 Å². The summed E-state index contributed by atoms with van der Waals surface area (Å²) in [6, 6.07) is 15.8. The summed E-state index contributed by atoms with van der Waals surface area (Å²) in [6.07, 6.45) is -0.501. The molecule has 1 unspecified atom stereocenters. The van der Waals surface area contributed by atoms with E-state index < -0.39 is 24.0 Å². The zero-order valence-electron chi connectivity index (χ0n) is 18.7. The Hall–Kier alpha value is -3.35. The van der Waals surface area contributed by atoms with E-state index in [9.17, 15) is 14.4 Å².